The largest absolute Gasteiger partial charge is 0.302 e. The lowest BCUT2D eigenvalue weighted by Gasteiger charge is -2.19. The number of pyridine rings is 1. The smallest absolute Gasteiger partial charge is 0.0753 e. The second kappa shape index (κ2) is 5.50. The molecule has 0 aliphatic heterocycles. The molecule has 0 saturated carbocycles. The van der Waals surface area contributed by atoms with E-state index in [2.05, 4.69) is 40.2 Å². The molecule has 2 atom stereocenters. The Kier molecular flexibility index (Phi) is 3.77. The van der Waals surface area contributed by atoms with Gasteiger partial charge in [-0.05, 0) is 25.5 Å². The SMILES string of the molecule is CC(N[C@H](C)c1cccnc1)c1cnccn1. The van der Waals surface area contributed by atoms with Gasteiger partial charge in [0.1, 0.15) is 0 Å². The van der Waals surface area contributed by atoms with Gasteiger partial charge in [0, 0.05) is 43.1 Å². The van der Waals surface area contributed by atoms with Crippen LogP contribution in [0, 0.1) is 0 Å². The van der Waals surface area contributed by atoms with E-state index in [0.29, 0.717) is 0 Å². The third kappa shape index (κ3) is 3.07. The summed E-state index contributed by atoms with van der Waals surface area (Å²) in [7, 11) is 0. The number of nitrogens with zero attached hydrogens (tertiary/aromatic N) is 3. The van der Waals surface area contributed by atoms with Gasteiger partial charge >= 0.3 is 0 Å². The molecule has 1 unspecified atom stereocenters. The van der Waals surface area contributed by atoms with Crippen molar-refractivity contribution in [1.82, 2.24) is 20.3 Å². The predicted octanol–water partition coefficient (Wildman–Crippen LogP) is 2.28. The summed E-state index contributed by atoms with van der Waals surface area (Å²) in [6.45, 7) is 4.20. The van der Waals surface area contributed by atoms with Gasteiger partial charge < -0.3 is 5.32 Å². The quantitative estimate of drug-likeness (QED) is 0.872. The highest BCUT2D eigenvalue weighted by molar-refractivity contribution is 5.14. The van der Waals surface area contributed by atoms with Crippen molar-refractivity contribution < 1.29 is 0 Å². The summed E-state index contributed by atoms with van der Waals surface area (Å²) in [5.74, 6) is 0. The van der Waals surface area contributed by atoms with E-state index in [0.717, 1.165) is 5.69 Å². The van der Waals surface area contributed by atoms with Crippen LogP contribution in [-0.2, 0) is 0 Å². The summed E-state index contributed by atoms with van der Waals surface area (Å²) >= 11 is 0. The monoisotopic (exact) mass is 228 g/mol. The van der Waals surface area contributed by atoms with E-state index in [1.165, 1.54) is 5.56 Å². The zero-order chi connectivity index (χ0) is 12.1. The van der Waals surface area contributed by atoms with Crippen LogP contribution >= 0.6 is 0 Å². The highest BCUT2D eigenvalue weighted by atomic mass is 15.0. The molecule has 0 radical (unpaired) electrons. The second-order valence-electron chi connectivity index (χ2n) is 4.03. The molecule has 88 valence electrons. The summed E-state index contributed by atoms with van der Waals surface area (Å²) in [5, 5.41) is 3.47. The Hall–Kier alpha value is -1.81. The molecule has 0 aromatic carbocycles. The van der Waals surface area contributed by atoms with Crippen molar-refractivity contribution in [3.05, 3.63) is 54.4 Å². The Labute approximate surface area is 101 Å². The van der Waals surface area contributed by atoms with Crippen LogP contribution in [0.3, 0.4) is 0 Å². The Balaban J connectivity index is 2.02. The Morgan fingerprint density at radius 1 is 1.00 bits per heavy atom. The van der Waals surface area contributed by atoms with Crippen molar-refractivity contribution in [2.24, 2.45) is 0 Å². The van der Waals surface area contributed by atoms with Gasteiger partial charge in [0.15, 0.2) is 0 Å². The molecular formula is C13H16N4. The minimum atomic E-state index is 0.166. The molecular weight excluding hydrogens is 212 g/mol. The van der Waals surface area contributed by atoms with E-state index >= 15 is 0 Å². The molecule has 0 spiro atoms. The first-order valence-electron chi connectivity index (χ1n) is 5.69. The number of aromatic nitrogens is 3. The van der Waals surface area contributed by atoms with E-state index in [1.54, 1.807) is 24.8 Å². The van der Waals surface area contributed by atoms with Crippen LogP contribution in [0.2, 0.25) is 0 Å². The summed E-state index contributed by atoms with van der Waals surface area (Å²) in [6.07, 6.45) is 8.83. The lowest BCUT2D eigenvalue weighted by Crippen LogP contribution is -2.23. The van der Waals surface area contributed by atoms with Gasteiger partial charge in [-0.2, -0.15) is 0 Å². The van der Waals surface area contributed by atoms with E-state index in [-0.39, 0.29) is 12.1 Å². The number of hydrogen-bond acceptors (Lipinski definition) is 4. The molecule has 2 rings (SSSR count). The Morgan fingerprint density at radius 2 is 1.82 bits per heavy atom. The Bertz CT molecular complexity index is 400. The average Bonchev–Trinajstić information content (AvgIpc) is 2.40. The maximum atomic E-state index is 4.28. The predicted molar refractivity (Wildman–Crippen MR) is 66.2 cm³/mol. The fraction of sp³-hybridized carbons (Fsp3) is 0.308. The van der Waals surface area contributed by atoms with E-state index < -0.39 is 0 Å². The fourth-order valence-corrected chi connectivity index (χ4v) is 1.72. The van der Waals surface area contributed by atoms with Crippen molar-refractivity contribution >= 4 is 0 Å². The fourth-order valence-electron chi connectivity index (χ4n) is 1.72. The first-order chi connectivity index (χ1) is 8.27. The minimum Gasteiger partial charge on any atom is -0.302 e. The highest BCUT2D eigenvalue weighted by Gasteiger charge is 2.11. The van der Waals surface area contributed by atoms with Gasteiger partial charge in [0.25, 0.3) is 0 Å². The summed E-state index contributed by atoms with van der Waals surface area (Å²) in [4.78, 5) is 12.5. The normalized spacial score (nSPS) is 14.2. The minimum absolute atomic E-state index is 0.166. The van der Waals surface area contributed by atoms with Crippen LogP contribution in [0.1, 0.15) is 37.2 Å². The first-order valence-corrected chi connectivity index (χ1v) is 5.69. The number of hydrogen-bond donors (Lipinski definition) is 1. The van der Waals surface area contributed by atoms with Gasteiger partial charge in [-0.3, -0.25) is 15.0 Å². The lowest BCUT2D eigenvalue weighted by molar-refractivity contribution is 0.484. The van der Waals surface area contributed by atoms with Crippen LogP contribution < -0.4 is 5.32 Å². The highest BCUT2D eigenvalue weighted by Crippen LogP contribution is 2.16. The van der Waals surface area contributed by atoms with Crippen LogP contribution in [0.4, 0.5) is 0 Å². The zero-order valence-electron chi connectivity index (χ0n) is 10.0. The molecule has 4 heteroatoms. The Morgan fingerprint density at radius 3 is 2.47 bits per heavy atom. The molecule has 0 fully saturated rings. The molecule has 0 saturated heterocycles. The number of nitrogens with one attached hydrogen (secondary N) is 1. The molecule has 4 nitrogen and oxygen atoms in total. The molecule has 2 heterocycles. The molecule has 0 aliphatic carbocycles. The van der Waals surface area contributed by atoms with Crippen LogP contribution in [0.5, 0.6) is 0 Å². The first kappa shape index (κ1) is 11.7. The lowest BCUT2D eigenvalue weighted by atomic mass is 10.1. The second-order valence-corrected chi connectivity index (χ2v) is 4.03. The van der Waals surface area contributed by atoms with Gasteiger partial charge in [-0.15, -0.1) is 0 Å². The standard InChI is InChI=1S/C13H16N4/c1-10(12-4-3-5-14-8-12)17-11(2)13-9-15-6-7-16-13/h3-11,17H,1-2H3/t10-,11?/m1/s1. The number of rotatable bonds is 4. The van der Waals surface area contributed by atoms with Crippen LogP contribution in [-0.4, -0.2) is 15.0 Å². The van der Waals surface area contributed by atoms with Crippen molar-refractivity contribution in [3.8, 4) is 0 Å². The van der Waals surface area contributed by atoms with E-state index in [4.69, 9.17) is 0 Å². The van der Waals surface area contributed by atoms with Crippen LogP contribution in [0.15, 0.2) is 43.1 Å². The van der Waals surface area contributed by atoms with E-state index in [1.807, 2.05) is 12.3 Å². The molecule has 2 aromatic rings. The third-order valence-corrected chi connectivity index (χ3v) is 2.71. The summed E-state index contributed by atoms with van der Waals surface area (Å²) in [5.41, 5.74) is 2.12. The topological polar surface area (TPSA) is 50.7 Å². The zero-order valence-corrected chi connectivity index (χ0v) is 10.0. The molecule has 0 bridgehead atoms. The van der Waals surface area contributed by atoms with E-state index in [9.17, 15) is 0 Å². The van der Waals surface area contributed by atoms with Crippen molar-refractivity contribution in [2.75, 3.05) is 0 Å². The molecule has 17 heavy (non-hydrogen) atoms. The third-order valence-electron chi connectivity index (χ3n) is 2.71. The van der Waals surface area contributed by atoms with Gasteiger partial charge in [0.2, 0.25) is 0 Å². The molecule has 1 N–H and O–H groups in total. The van der Waals surface area contributed by atoms with Crippen molar-refractivity contribution in [2.45, 2.75) is 25.9 Å². The molecule has 0 amide bonds. The van der Waals surface area contributed by atoms with Gasteiger partial charge in [-0.1, -0.05) is 6.07 Å². The van der Waals surface area contributed by atoms with Crippen LogP contribution in [0.25, 0.3) is 0 Å². The summed E-state index contributed by atoms with van der Waals surface area (Å²) < 4.78 is 0. The maximum absolute atomic E-state index is 4.28. The summed E-state index contributed by atoms with van der Waals surface area (Å²) in [6, 6.07) is 4.41. The average molecular weight is 228 g/mol. The van der Waals surface area contributed by atoms with Crippen molar-refractivity contribution in [1.29, 1.82) is 0 Å². The van der Waals surface area contributed by atoms with Gasteiger partial charge in [-0.25, -0.2) is 0 Å². The molecule has 0 aliphatic rings. The maximum Gasteiger partial charge on any atom is 0.0753 e. The van der Waals surface area contributed by atoms with Gasteiger partial charge in [0.05, 0.1) is 5.69 Å². The van der Waals surface area contributed by atoms with Crippen molar-refractivity contribution in [3.63, 3.8) is 0 Å². The molecule has 2 aromatic heterocycles.